The minimum atomic E-state index is -0.926. The Morgan fingerprint density at radius 3 is 2.67 bits per heavy atom. The summed E-state index contributed by atoms with van der Waals surface area (Å²) in [7, 11) is 0. The van der Waals surface area contributed by atoms with Crippen molar-refractivity contribution in [3.8, 4) is 0 Å². The van der Waals surface area contributed by atoms with E-state index in [4.69, 9.17) is 0 Å². The highest BCUT2D eigenvalue weighted by Crippen LogP contribution is 2.26. The van der Waals surface area contributed by atoms with E-state index < -0.39 is 11.9 Å². The average molecular weight is 309 g/mol. The molecule has 1 nitrogen and oxygen atoms in total. The molecule has 94 valence electrons. The maximum absolute atomic E-state index is 13.8. The van der Waals surface area contributed by atoms with E-state index in [1.807, 2.05) is 31.2 Å². The molecule has 0 amide bonds. The van der Waals surface area contributed by atoms with E-state index in [1.54, 1.807) is 12.1 Å². The zero-order valence-electron chi connectivity index (χ0n) is 10.0. The molecule has 2 rings (SSSR count). The number of aliphatic hydroxyl groups excluding tert-OH is 1. The predicted molar refractivity (Wildman–Crippen MR) is 74.0 cm³/mol. The zero-order chi connectivity index (χ0) is 13.1. The van der Waals surface area contributed by atoms with Crippen LogP contribution in [0.3, 0.4) is 0 Å². The molecule has 0 aliphatic carbocycles. The highest BCUT2D eigenvalue weighted by atomic mass is 79.9. The molecular weight excluding hydrogens is 295 g/mol. The second-order valence-electron chi connectivity index (χ2n) is 4.17. The Labute approximate surface area is 114 Å². The van der Waals surface area contributed by atoms with Crippen LogP contribution in [0.15, 0.2) is 46.9 Å². The summed E-state index contributed by atoms with van der Waals surface area (Å²) in [6.45, 7) is 2.05. The molecule has 18 heavy (non-hydrogen) atoms. The topological polar surface area (TPSA) is 20.2 Å². The molecule has 1 atom stereocenters. The Bertz CT molecular complexity index is 554. The first kappa shape index (κ1) is 13.2. The third-order valence-corrected chi connectivity index (χ3v) is 3.43. The first-order valence-electron chi connectivity index (χ1n) is 5.83. The molecule has 0 aliphatic rings. The summed E-state index contributed by atoms with van der Waals surface area (Å²) in [5.74, 6) is -0.404. The monoisotopic (exact) mass is 308 g/mol. The second-order valence-corrected chi connectivity index (χ2v) is 5.08. The van der Waals surface area contributed by atoms with Gasteiger partial charge in [0.15, 0.2) is 0 Å². The summed E-state index contributed by atoms with van der Waals surface area (Å²) in [6, 6.07) is 12.3. The molecular formula is C15H14BrFO. The summed E-state index contributed by atoms with van der Waals surface area (Å²) in [4.78, 5) is 0. The van der Waals surface area contributed by atoms with Crippen molar-refractivity contribution in [3.63, 3.8) is 0 Å². The van der Waals surface area contributed by atoms with Crippen molar-refractivity contribution < 1.29 is 9.50 Å². The van der Waals surface area contributed by atoms with Gasteiger partial charge in [0.2, 0.25) is 0 Å². The van der Waals surface area contributed by atoms with E-state index in [0.717, 1.165) is 17.5 Å². The maximum Gasteiger partial charge on any atom is 0.130 e. The van der Waals surface area contributed by atoms with Gasteiger partial charge in [-0.3, -0.25) is 0 Å². The van der Waals surface area contributed by atoms with Crippen LogP contribution in [0.25, 0.3) is 0 Å². The molecule has 0 saturated carbocycles. The minimum Gasteiger partial charge on any atom is -0.384 e. The lowest BCUT2D eigenvalue weighted by atomic mass is 9.99. The molecule has 0 aliphatic heterocycles. The van der Waals surface area contributed by atoms with Gasteiger partial charge in [0.1, 0.15) is 11.9 Å². The summed E-state index contributed by atoms with van der Waals surface area (Å²) in [5.41, 5.74) is 2.14. The van der Waals surface area contributed by atoms with Crippen LogP contribution >= 0.6 is 15.9 Å². The van der Waals surface area contributed by atoms with Crippen LogP contribution in [-0.2, 0) is 6.42 Å². The summed E-state index contributed by atoms with van der Waals surface area (Å²) >= 11 is 3.20. The lowest BCUT2D eigenvalue weighted by Crippen LogP contribution is -2.03. The fourth-order valence-corrected chi connectivity index (χ4v) is 2.22. The van der Waals surface area contributed by atoms with Gasteiger partial charge in [0, 0.05) is 10.0 Å². The van der Waals surface area contributed by atoms with Crippen molar-refractivity contribution in [3.05, 3.63) is 69.4 Å². The van der Waals surface area contributed by atoms with Crippen LogP contribution in [-0.4, -0.2) is 5.11 Å². The maximum atomic E-state index is 13.8. The van der Waals surface area contributed by atoms with Gasteiger partial charge in [-0.15, -0.1) is 0 Å². The largest absolute Gasteiger partial charge is 0.384 e. The summed E-state index contributed by atoms with van der Waals surface area (Å²) in [6.07, 6.45) is -0.0341. The summed E-state index contributed by atoms with van der Waals surface area (Å²) in [5, 5.41) is 10.2. The Hall–Kier alpha value is -1.19. The van der Waals surface area contributed by atoms with Crippen LogP contribution in [0, 0.1) is 5.82 Å². The zero-order valence-corrected chi connectivity index (χ0v) is 11.6. The number of hydrogen-bond acceptors (Lipinski definition) is 1. The van der Waals surface area contributed by atoms with E-state index in [1.165, 1.54) is 6.07 Å². The number of halogens is 2. The third kappa shape index (κ3) is 2.79. The smallest absolute Gasteiger partial charge is 0.130 e. The fourth-order valence-electron chi connectivity index (χ4n) is 1.89. The summed E-state index contributed by atoms with van der Waals surface area (Å²) < 4.78 is 14.4. The van der Waals surface area contributed by atoms with Gasteiger partial charge in [0.05, 0.1) is 0 Å². The number of aryl methyl sites for hydroxylation is 1. The van der Waals surface area contributed by atoms with E-state index in [-0.39, 0.29) is 0 Å². The molecule has 0 bridgehead atoms. The van der Waals surface area contributed by atoms with Gasteiger partial charge in [-0.05, 0) is 29.7 Å². The third-order valence-electron chi connectivity index (χ3n) is 2.93. The molecule has 2 aromatic carbocycles. The molecule has 0 spiro atoms. The van der Waals surface area contributed by atoms with Crippen molar-refractivity contribution in [2.45, 2.75) is 19.4 Å². The SMILES string of the molecule is CCc1cccc(C(O)c2ccc(Br)cc2F)c1. The first-order valence-corrected chi connectivity index (χ1v) is 6.63. The fraction of sp³-hybridized carbons (Fsp3) is 0.200. The number of aliphatic hydroxyl groups is 1. The molecule has 1 N–H and O–H groups in total. The minimum absolute atomic E-state index is 0.298. The molecule has 0 aromatic heterocycles. The molecule has 3 heteroatoms. The standard InChI is InChI=1S/C15H14BrFO/c1-2-10-4-3-5-11(8-10)15(18)13-7-6-12(16)9-14(13)17/h3-9,15,18H,2H2,1H3. The van der Waals surface area contributed by atoms with Gasteiger partial charge >= 0.3 is 0 Å². The highest BCUT2D eigenvalue weighted by Gasteiger charge is 2.15. The quantitative estimate of drug-likeness (QED) is 0.899. The highest BCUT2D eigenvalue weighted by molar-refractivity contribution is 9.10. The molecule has 0 heterocycles. The average Bonchev–Trinajstić information content (AvgIpc) is 2.38. The van der Waals surface area contributed by atoms with Crippen LogP contribution in [0.2, 0.25) is 0 Å². The second kappa shape index (κ2) is 5.63. The Kier molecular flexibility index (Phi) is 4.15. The lowest BCUT2D eigenvalue weighted by molar-refractivity contribution is 0.215. The molecule has 0 radical (unpaired) electrons. The van der Waals surface area contributed by atoms with Crippen molar-refractivity contribution >= 4 is 15.9 Å². The van der Waals surface area contributed by atoms with Crippen molar-refractivity contribution in [2.75, 3.05) is 0 Å². The van der Waals surface area contributed by atoms with Crippen molar-refractivity contribution in [2.24, 2.45) is 0 Å². The normalized spacial score (nSPS) is 12.4. The first-order chi connectivity index (χ1) is 8.61. The van der Waals surface area contributed by atoms with Crippen LogP contribution in [0.5, 0.6) is 0 Å². The van der Waals surface area contributed by atoms with Crippen LogP contribution in [0.4, 0.5) is 4.39 Å². The molecule has 0 fully saturated rings. The van der Waals surface area contributed by atoms with Crippen LogP contribution < -0.4 is 0 Å². The van der Waals surface area contributed by atoms with Gasteiger partial charge in [-0.25, -0.2) is 4.39 Å². The predicted octanol–water partition coefficient (Wildman–Crippen LogP) is 4.23. The Balaban J connectivity index is 2.37. The van der Waals surface area contributed by atoms with E-state index in [0.29, 0.717) is 10.0 Å². The van der Waals surface area contributed by atoms with Crippen LogP contribution in [0.1, 0.15) is 29.7 Å². The number of rotatable bonds is 3. The van der Waals surface area contributed by atoms with Gasteiger partial charge in [-0.1, -0.05) is 53.2 Å². The van der Waals surface area contributed by atoms with Crippen molar-refractivity contribution in [1.29, 1.82) is 0 Å². The molecule has 0 saturated heterocycles. The van der Waals surface area contributed by atoms with E-state index in [9.17, 15) is 9.50 Å². The Morgan fingerprint density at radius 1 is 1.22 bits per heavy atom. The number of benzene rings is 2. The number of hydrogen-bond donors (Lipinski definition) is 1. The lowest BCUT2D eigenvalue weighted by Gasteiger charge is -2.13. The molecule has 1 unspecified atom stereocenters. The Morgan fingerprint density at radius 2 is 2.00 bits per heavy atom. The van der Waals surface area contributed by atoms with Gasteiger partial charge in [-0.2, -0.15) is 0 Å². The van der Waals surface area contributed by atoms with E-state index >= 15 is 0 Å². The van der Waals surface area contributed by atoms with Crippen molar-refractivity contribution in [1.82, 2.24) is 0 Å². The van der Waals surface area contributed by atoms with Gasteiger partial charge < -0.3 is 5.11 Å². The van der Waals surface area contributed by atoms with E-state index in [2.05, 4.69) is 15.9 Å². The molecule has 2 aromatic rings. The van der Waals surface area contributed by atoms with Gasteiger partial charge in [0.25, 0.3) is 0 Å².